The molecule has 4 heteroatoms. The van der Waals surface area contributed by atoms with Crippen LogP contribution in [0.25, 0.3) is 0 Å². The minimum atomic E-state index is -0.121. The largest absolute Gasteiger partial charge is 0.322 e. The Labute approximate surface area is 118 Å². The molecule has 20 heavy (non-hydrogen) atoms. The summed E-state index contributed by atoms with van der Waals surface area (Å²) in [6, 6.07) is 6.17. The molecule has 1 amide bonds. The van der Waals surface area contributed by atoms with E-state index in [2.05, 4.69) is 42.4 Å². The fourth-order valence-corrected chi connectivity index (χ4v) is 3.34. The molecule has 0 spiro atoms. The fourth-order valence-electron chi connectivity index (χ4n) is 3.34. The highest BCUT2D eigenvalue weighted by Gasteiger charge is 2.36. The predicted octanol–water partition coefficient (Wildman–Crippen LogP) is 3.45. The zero-order chi connectivity index (χ0) is 14.3. The first-order chi connectivity index (χ1) is 9.49. The van der Waals surface area contributed by atoms with Gasteiger partial charge in [0.05, 0.1) is 11.8 Å². The number of nitrogens with zero attached hydrogens (tertiary/aromatic N) is 1. The molecule has 0 fully saturated rings. The van der Waals surface area contributed by atoms with Gasteiger partial charge in [-0.1, -0.05) is 32.9 Å². The van der Waals surface area contributed by atoms with Crippen molar-refractivity contribution in [3.8, 4) is 0 Å². The third-order valence-electron chi connectivity index (χ3n) is 4.15. The molecule has 1 aromatic carbocycles. The summed E-state index contributed by atoms with van der Waals surface area (Å²) in [4.78, 5) is 12.2. The first-order valence-electron chi connectivity index (χ1n) is 6.92. The molecule has 2 N–H and O–H groups in total. The summed E-state index contributed by atoms with van der Waals surface area (Å²) in [5, 5.41) is 9.48. The van der Waals surface area contributed by atoms with Crippen LogP contribution in [0.4, 0.5) is 5.69 Å². The predicted molar refractivity (Wildman–Crippen MR) is 79.0 cm³/mol. The standard InChI is InChI=1S/C16H19N3O/c1-10-7-16(2,3)12-5-4-6-13(14(10)12)19-15(20)11-8-17-18-9-11/h4-6,8-10H,7H2,1-3H3,(H,17,18)(H,19,20)/t10-/m0/s1. The molecular formula is C16H19N3O. The van der Waals surface area contributed by atoms with Crippen molar-refractivity contribution in [1.82, 2.24) is 10.2 Å². The molecule has 1 atom stereocenters. The molecular weight excluding hydrogens is 250 g/mol. The van der Waals surface area contributed by atoms with Crippen molar-refractivity contribution in [2.75, 3.05) is 5.32 Å². The zero-order valence-corrected chi connectivity index (χ0v) is 12.0. The Balaban J connectivity index is 1.97. The van der Waals surface area contributed by atoms with Crippen molar-refractivity contribution in [2.45, 2.75) is 38.5 Å². The Bertz CT molecular complexity index is 644. The number of carbonyl (C=O) groups is 1. The van der Waals surface area contributed by atoms with Crippen LogP contribution in [0, 0.1) is 0 Å². The maximum absolute atomic E-state index is 12.2. The van der Waals surface area contributed by atoms with Crippen LogP contribution in [-0.4, -0.2) is 16.1 Å². The number of fused-ring (bicyclic) bond motifs is 1. The van der Waals surface area contributed by atoms with Crippen LogP contribution in [0.2, 0.25) is 0 Å². The van der Waals surface area contributed by atoms with Gasteiger partial charge < -0.3 is 5.32 Å². The second-order valence-electron chi connectivity index (χ2n) is 6.20. The first-order valence-corrected chi connectivity index (χ1v) is 6.92. The Morgan fingerprint density at radius 1 is 1.45 bits per heavy atom. The third kappa shape index (κ3) is 2.01. The lowest BCUT2D eigenvalue weighted by Crippen LogP contribution is -2.14. The number of rotatable bonds is 2. The van der Waals surface area contributed by atoms with Crippen LogP contribution in [0.1, 0.15) is 54.6 Å². The molecule has 4 nitrogen and oxygen atoms in total. The monoisotopic (exact) mass is 269 g/mol. The summed E-state index contributed by atoms with van der Waals surface area (Å²) in [5.41, 5.74) is 4.26. The number of benzene rings is 1. The molecule has 0 aliphatic heterocycles. The first kappa shape index (κ1) is 12.9. The van der Waals surface area contributed by atoms with Crippen LogP contribution in [0.3, 0.4) is 0 Å². The van der Waals surface area contributed by atoms with E-state index in [0.29, 0.717) is 11.5 Å². The van der Waals surface area contributed by atoms with Crippen molar-refractivity contribution in [1.29, 1.82) is 0 Å². The summed E-state index contributed by atoms with van der Waals surface area (Å²) >= 11 is 0. The average Bonchev–Trinajstić information content (AvgIpc) is 2.98. The van der Waals surface area contributed by atoms with E-state index in [0.717, 1.165) is 12.1 Å². The summed E-state index contributed by atoms with van der Waals surface area (Å²) in [5.74, 6) is 0.338. The second-order valence-corrected chi connectivity index (χ2v) is 6.20. The van der Waals surface area contributed by atoms with E-state index in [1.165, 1.54) is 17.3 Å². The number of hydrogen-bond acceptors (Lipinski definition) is 2. The van der Waals surface area contributed by atoms with Crippen molar-refractivity contribution in [3.05, 3.63) is 47.3 Å². The SMILES string of the molecule is C[C@H]1CC(C)(C)c2cccc(NC(=O)c3cn[nH]c3)c21. The number of anilines is 1. The maximum atomic E-state index is 12.2. The van der Waals surface area contributed by atoms with Crippen molar-refractivity contribution in [3.63, 3.8) is 0 Å². The molecule has 1 aliphatic rings. The molecule has 1 aliphatic carbocycles. The molecule has 1 aromatic heterocycles. The highest BCUT2D eigenvalue weighted by Crippen LogP contribution is 2.48. The molecule has 0 saturated carbocycles. The number of aromatic nitrogens is 2. The quantitative estimate of drug-likeness (QED) is 0.877. The molecule has 104 valence electrons. The van der Waals surface area contributed by atoms with Crippen LogP contribution in [0.5, 0.6) is 0 Å². The fraction of sp³-hybridized carbons (Fsp3) is 0.375. The van der Waals surface area contributed by atoms with E-state index in [4.69, 9.17) is 0 Å². The third-order valence-corrected chi connectivity index (χ3v) is 4.15. The normalized spacial score (nSPS) is 19.6. The lowest BCUT2D eigenvalue weighted by molar-refractivity contribution is 0.102. The van der Waals surface area contributed by atoms with Gasteiger partial charge in [-0.15, -0.1) is 0 Å². The lowest BCUT2D eigenvalue weighted by Gasteiger charge is -2.19. The topological polar surface area (TPSA) is 57.8 Å². The average molecular weight is 269 g/mol. The van der Waals surface area contributed by atoms with Crippen molar-refractivity contribution >= 4 is 11.6 Å². The molecule has 1 heterocycles. The Hall–Kier alpha value is -2.10. The number of amides is 1. The number of hydrogen-bond donors (Lipinski definition) is 2. The van der Waals surface area contributed by atoms with Gasteiger partial charge in [-0.2, -0.15) is 5.10 Å². The smallest absolute Gasteiger partial charge is 0.258 e. The number of H-pyrrole nitrogens is 1. The van der Waals surface area contributed by atoms with Crippen LogP contribution >= 0.6 is 0 Å². The van der Waals surface area contributed by atoms with E-state index >= 15 is 0 Å². The molecule has 2 aromatic rings. The Morgan fingerprint density at radius 3 is 2.95 bits per heavy atom. The van der Waals surface area contributed by atoms with E-state index in [1.54, 1.807) is 6.20 Å². The highest BCUT2D eigenvalue weighted by molar-refractivity contribution is 6.04. The van der Waals surface area contributed by atoms with E-state index in [9.17, 15) is 4.79 Å². The zero-order valence-electron chi connectivity index (χ0n) is 12.0. The molecule has 0 radical (unpaired) electrons. The minimum absolute atomic E-state index is 0.121. The minimum Gasteiger partial charge on any atom is -0.322 e. The van der Waals surface area contributed by atoms with Crippen LogP contribution < -0.4 is 5.32 Å². The summed E-state index contributed by atoms with van der Waals surface area (Å²) in [7, 11) is 0. The van der Waals surface area contributed by atoms with E-state index in [-0.39, 0.29) is 11.3 Å². The lowest BCUT2D eigenvalue weighted by atomic mass is 9.86. The molecule has 0 saturated heterocycles. The number of nitrogens with one attached hydrogen (secondary N) is 2. The maximum Gasteiger partial charge on any atom is 0.258 e. The highest BCUT2D eigenvalue weighted by atomic mass is 16.1. The van der Waals surface area contributed by atoms with Gasteiger partial charge >= 0.3 is 0 Å². The van der Waals surface area contributed by atoms with Crippen molar-refractivity contribution < 1.29 is 4.79 Å². The van der Waals surface area contributed by atoms with Gasteiger partial charge in [0, 0.05) is 11.9 Å². The Kier molecular flexibility index (Phi) is 2.89. The summed E-state index contributed by atoms with van der Waals surface area (Å²) < 4.78 is 0. The Morgan fingerprint density at radius 2 is 2.25 bits per heavy atom. The van der Waals surface area contributed by atoms with Gasteiger partial charge in [0.1, 0.15) is 0 Å². The second kappa shape index (κ2) is 4.47. The summed E-state index contributed by atoms with van der Waals surface area (Å²) in [6.07, 6.45) is 4.25. The van der Waals surface area contributed by atoms with Crippen LogP contribution in [0.15, 0.2) is 30.6 Å². The molecule has 3 rings (SSSR count). The van der Waals surface area contributed by atoms with Gasteiger partial charge in [-0.3, -0.25) is 9.89 Å². The molecule has 0 unspecified atom stereocenters. The van der Waals surface area contributed by atoms with Crippen LogP contribution in [-0.2, 0) is 5.41 Å². The molecule has 0 bridgehead atoms. The van der Waals surface area contributed by atoms with Gasteiger partial charge in [0.2, 0.25) is 0 Å². The van der Waals surface area contributed by atoms with E-state index in [1.807, 2.05) is 12.1 Å². The van der Waals surface area contributed by atoms with Gasteiger partial charge in [-0.05, 0) is 34.9 Å². The van der Waals surface area contributed by atoms with Gasteiger partial charge in [0.15, 0.2) is 0 Å². The number of carbonyl (C=O) groups excluding carboxylic acids is 1. The van der Waals surface area contributed by atoms with E-state index < -0.39 is 0 Å². The van der Waals surface area contributed by atoms with Gasteiger partial charge in [0.25, 0.3) is 5.91 Å². The number of aromatic amines is 1. The summed E-state index contributed by atoms with van der Waals surface area (Å²) in [6.45, 7) is 6.75. The van der Waals surface area contributed by atoms with Crippen molar-refractivity contribution in [2.24, 2.45) is 0 Å². The van der Waals surface area contributed by atoms with Gasteiger partial charge in [-0.25, -0.2) is 0 Å².